The Morgan fingerprint density at radius 2 is 1.92 bits per heavy atom. The quantitative estimate of drug-likeness (QED) is 0.678. The van der Waals surface area contributed by atoms with Crippen LogP contribution in [0.3, 0.4) is 0 Å². The van der Waals surface area contributed by atoms with Crippen molar-refractivity contribution in [1.29, 1.82) is 0 Å². The van der Waals surface area contributed by atoms with E-state index in [0.717, 1.165) is 27.7 Å². The highest BCUT2D eigenvalue weighted by atomic mass is 35.5. The van der Waals surface area contributed by atoms with E-state index in [4.69, 9.17) is 11.6 Å². The first kappa shape index (κ1) is 15.5. The summed E-state index contributed by atoms with van der Waals surface area (Å²) >= 11 is 6.28. The van der Waals surface area contributed by atoms with Crippen LogP contribution in [0, 0.1) is 0 Å². The Labute approximate surface area is 157 Å². The zero-order valence-electron chi connectivity index (χ0n) is 14.6. The molecule has 0 amide bonds. The normalized spacial score (nSPS) is 15.2. The third-order valence-corrected chi connectivity index (χ3v) is 4.96. The average molecular weight is 364 g/mol. The van der Waals surface area contributed by atoms with Crippen LogP contribution in [0.15, 0.2) is 59.5 Å². The summed E-state index contributed by atoms with van der Waals surface area (Å²) in [6.07, 6.45) is 4.03. The minimum atomic E-state index is 0.705. The van der Waals surface area contributed by atoms with E-state index in [2.05, 4.69) is 62.1 Å². The van der Waals surface area contributed by atoms with Gasteiger partial charge in [-0.2, -0.15) is 5.10 Å². The summed E-state index contributed by atoms with van der Waals surface area (Å²) in [5.74, 6) is 1.02. The lowest BCUT2D eigenvalue weighted by Crippen LogP contribution is -2.31. The van der Waals surface area contributed by atoms with Crippen molar-refractivity contribution < 1.29 is 0 Å². The average Bonchev–Trinajstić information content (AvgIpc) is 3.13. The summed E-state index contributed by atoms with van der Waals surface area (Å²) in [6, 6.07) is 16.7. The Morgan fingerprint density at radius 3 is 2.77 bits per heavy atom. The number of hydrogen-bond donors (Lipinski definition) is 0. The van der Waals surface area contributed by atoms with Crippen LogP contribution in [0.25, 0.3) is 28.4 Å². The van der Waals surface area contributed by atoms with Crippen molar-refractivity contribution in [3.63, 3.8) is 0 Å². The van der Waals surface area contributed by atoms with Crippen LogP contribution < -0.4 is 4.90 Å². The first-order chi connectivity index (χ1) is 12.6. The number of nitrogens with zero attached hydrogens (tertiary/aromatic N) is 5. The largest absolute Gasteiger partial charge is 0.312 e. The number of halogens is 1. The zero-order valence-corrected chi connectivity index (χ0v) is 15.4. The molecule has 0 fully saturated rings. The number of fused-ring (bicyclic) bond motifs is 7. The molecule has 3 heterocycles. The number of rotatable bonds is 2. The molecule has 0 saturated carbocycles. The second-order valence-electron chi connectivity index (χ2n) is 6.83. The van der Waals surface area contributed by atoms with Gasteiger partial charge in [-0.3, -0.25) is 9.80 Å². The maximum atomic E-state index is 6.28. The number of benzene rings is 2. The first-order valence-electron chi connectivity index (χ1n) is 8.49. The molecule has 0 saturated heterocycles. The Hall–Kier alpha value is -2.76. The van der Waals surface area contributed by atoms with Crippen molar-refractivity contribution in [1.82, 2.24) is 14.5 Å². The Morgan fingerprint density at radius 1 is 1.08 bits per heavy atom. The van der Waals surface area contributed by atoms with Crippen LogP contribution in [0.5, 0.6) is 0 Å². The highest BCUT2D eigenvalue weighted by molar-refractivity contribution is 6.31. The van der Waals surface area contributed by atoms with Crippen LogP contribution in [-0.4, -0.2) is 41.6 Å². The van der Waals surface area contributed by atoms with Crippen LogP contribution in [0.2, 0.25) is 5.02 Å². The lowest BCUT2D eigenvalue weighted by atomic mass is 10.1. The van der Waals surface area contributed by atoms with Crippen molar-refractivity contribution >= 4 is 40.7 Å². The Kier molecular flexibility index (Phi) is 3.35. The lowest BCUT2D eigenvalue weighted by molar-refractivity contribution is 0.233. The summed E-state index contributed by atoms with van der Waals surface area (Å²) in [5, 5.41) is 8.51. The van der Waals surface area contributed by atoms with Gasteiger partial charge in [0.25, 0.3) is 0 Å². The highest BCUT2D eigenvalue weighted by Crippen LogP contribution is 2.41. The summed E-state index contributed by atoms with van der Waals surface area (Å²) in [7, 11) is 4.08. The second kappa shape index (κ2) is 5.62. The van der Waals surface area contributed by atoms with Crippen LogP contribution >= 0.6 is 11.6 Å². The molecule has 5 nitrogen and oxygen atoms in total. The van der Waals surface area contributed by atoms with Crippen LogP contribution in [-0.2, 0) is 0 Å². The maximum absolute atomic E-state index is 6.28. The molecule has 3 aromatic rings. The molecule has 0 spiro atoms. The number of para-hydroxylation sites is 1. The summed E-state index contributed by atoms with van der Waals surface area (Å²) in [5.41, 5.74) is 4.53. The molecule has 0 unspecified atom stereocenters. The van der Waals surface area contributed by atoms with Gasteiger partial charge in [0.15, 0.2) is 5.82 Å². The molecule has 0 radical (unpaired) electrons. The molecule has 0 bridgehead atoms. The first-order valence-corrected chi connectivity index (χ1v) is 8.87. The smallest absolute Gasteiger partial charge is 0.153 e. The van der Waals surface area contributed by atoms with Gasteiger partial charge in [-0.25, -0.2) is 5.01 Å². The number of aromatic nitrogens is 1. The topological polar surface area (TPSA) is 27.0 Å². The van der Waals surface area contributed by atoms with Gasteiger partial charge >= 0.3 is 0 Å². The van der Waals surface area contributed by atoms with Gasteiger partial charge in [0.2, 0.25) is 0 Å². The zero-order chi connectivity index (χ0) is 17.8. The van der Waals surface area contributed by atoms with Crippen molar-refractivity contribution in [2.24, 2.45) is 5.10 Å². The summed E-state index contributed by atoms with van der Waals surface area (Å²) in [6.45, 7) is 0.705. The second-order valence-corrected chi connectivity index (χ2v) is 7.27. The highest BCUT2D eigenvalue weighted by Gasteiger charge is 2.29. The molecular formula is C20H18ClN5. The lowest BCUT2D eigenvalue weighted by Gasteiger charge is -2.24. The van der Waals surface area contributed by atoms with Crippen molar-refractivity contribution in [2.45, 2.75) is 0 Å². The van der Waals surface area contributed by atoms with E-state index in [1.165, 1.54) is 10.9 Å². The minimum Gasteiger partial charge on any atom is -0.312 e. The fourth-order valence-electron chi connectivity index (χ4n) is 3.60. The molecule has 130 valence electrons. The molecule has 2 aliphatic heterocycles. The van der Waals surface area contributed by atoms with Crippen LogP contribution in [0.1, 0.15) is 0 Å². The Balaban J connectivity index is 1.81. The summed E-state index contributed by atoms with van der Waals surface area (Å²) in [4.78, 5) is 4.24. The van der Waals surface area contributed by atoms with Gasteiger partial charge in [0.1, 0.15) is 6.34 Å². The van der Waals surface area contributed by atoms with E-state index in [-0.39, 0.29) is 0 Å². The van der Waals surface area contributed by atoms with Gasteiger partial charge in [0, 0.05) is 16.0 Å². The predicted octanol–water partition coefficient (Wildman–Crippen LogP) is 4.32. The third-order valence-electron chi connectivity index (χ3n) is 4.72. The van der Waals surface area contributed by atoms with Gasteiger partial charge < -0.3 is 4.57 Å². The Bertz CT molecular complexity index is 1080. The molecule has 1 aromatic heterocycles. The molecule has 2 aromatic carbocycles. The monoisotopic (exact) mass is 363 g/mol. The van der Waals surface area contributed by atoms with E-state index in [1.807, 2.05) is 37.6 Å². The standard InChI is InChI=1S/C20H18ClN5/c1-23(2)13-26-20-11-24-18-10-15(21)8-7-14(18)9-19(24)16-5-3-4-6-17(16)25(20)12-22-26/h3-12H,13H2,1-2H3. The van der Waals surface area contributed by atoms with E-state index in [0.29, 0.717) is 6.67 Å². The summed E-state index contributed by atoms with van der Waals surface area (Å²) < 4.78 is 2.22. The number of anilines is 1. The maximum Gasteiger partial charge on any atom is 0.153 e. The fraction of sp³-hybridized carbons (Fsp3) is 0.150. The SMILES string of the molecule is CN(C)CN1N=CN2C1=Cn1c(cc3ccc(Cl)cc31)-c1ccccc12. The van der Waals surface area contributed by atoms with E-state index >= 15 is 0 Å². The van der Waals surface area contributed by atoms with Gasteiger partial charge in [-0.15, -0.1) is 0 Å². The molecule has 6 heteroatoms. The predicted molar refractivity (Wildman–Crippen MR) is 108 cm³/mol. The number of hydrazone groups is 1. The van der Waals surface area contributed by atoms with Gasteiger partial charge in [-0.1, -0.05) is 35.9 Å². The number of hydrogen-bond acceptors (Lipinski definition) is 4. The third kappa shape index (κ3) is 2.25. The molecule has 0 aliphatic carbocycles. The van der Waals surface area contributed by atoms with E-state index in [1.54, 1.807) is 0 Å². The van der Waals surface area contributed by atoms with Crippen LogP contribution in [0.4, 0.5) is 5.69 Å². The van der Waals surface area contributed by atoms with Crippen molar-refractivity contribution in [2.75, 3.05) is 25.7 Å². The van der Waals surface area contributed by atoms with Gasteiger partial charge in [0.05, 0.1) is 29.8 Å². The molecule has 0 N–H and O–H groups in total. The van der Waals surface area contributed by atoms with Gasteiger partial charge in [-0.05, 0) is 38.4 Å². The molecule has 2 aliphatic rings. The van der Waals surface area contributed by atoms with Crippen molar-refractivity contribution in [3.05, 3.63) is 59.4 Å². The molecule has 5 rings (SSSR count). The minimum absolute atomic E-state index is 0.705. The van der Waals surface area contributed by atoms with Crippen molar-refractivity contribution in [3.8, 4) is 11.3 Å². The molecular weight excluding hydrogens is 346 g/mol. The van der Waals surface area contributed by atoms with E-state index < -0.39 is 0 Å². The molecule has 0 atom stereocenters. The molecule has 26 heavy (non-hydrogen) atoms. The van der Waals surface area contributed by atoms with E-state index in [9.17, 15) is 0 Å². The fourth-order valence-corrected chi connectivity index (χ4v) is 3.77.